The van der Waals surface area contributed by atoms with E-state index in [1.165, 1.54) is 0 Å². The molecule has 108 valence electrons. The van der Waals surface area contributed by atoms with Crippen LogP contribution in [0.15, 0.2) is 24.8 Å². The van der Waals surface area contributed by atoms with Crippen LogP contribution in [0.4, 0.5) is 15.8 Å². The molecule has 20 heavy (non-hydrogen) atoms. The number of anilines is 1. The summed E-state index contributed by atoms with van der Waals surface area (Å²) >= 11 is 1.56. The minimum atomic E-state index is -1.54. The lowest BCUT2D eigenvalue weighted by atomic mass is 10.1. The van der Waals surface area contributed by atoms with E-state index in [0.29, 0.717) is 12.3 Å². The van der Waals surface area contributed by atoms with E-state index in [1.807, 2.05) is 0 Å². The molecule has 0 saturated heterocycles. The molecular formula is C12H13FN2O4S. The molecule has 0 saturated carbocycles. The highest BCUT2D eigenvalue weighted by Gasteiger charge is 2.21. The Morgan fingerprint density at radius 2 is 2.30 bits per heavy atom. The number of nitrogens with one attached hydrogen (secondary N) is 1. The van der Waals surface area contributed by atoms with Gasteiger partial charge in [0.1, 0.15) is 17.1 Å². The van der Waals surface area contributed by atoms with Gasteiger partial charge in [-0.1, -0.05) is 6.08 Å². The second kappa shape index (κ2) is 7.49. The summed E-state index contributed by atoms with van der Waals surface area (Å²) in [5.41, 5.74) is -1.21. The number of carboxylic acids is 1. The summed E-state index contributed by atoms with van der Waals surface area (Å²) in [5.74, 6) is -1.15. The van der Waals surface area contributed by atoms with Gasteiger partial charge in [-0.3, -0.25) is 10.1 Å². The predicted octanol–water partition coefficient (Wildman–Crippen LogP) is 2.76. The Labute approximate surface area is 118 Å². The lowest BCUT2D eigenvalue weighted by Crippen LogP contribution is -2.09. The smallest absolute Gasteiger partial charge is 0.338 e. The molecule has 0 bridgehead atoms. The molecule has 0 fully saturated rings. The number of halogens is 1. The fraction of sp³-hybridized carbons (Fsp3) is 0.250. The topological polar surface area (TPSA) is 92.5 Å². The number of carboxylic acid groups (broad SMARTS) is 1. The number of carbonyl (C=O) groups is 1. The normalized spacial score (nSPS) is 10.1. The fourth-order valence-corrected chi connectivity index (χ4v) is 2.02. The van der Waals surface area contributed by atoms with Crippen LogP contribution in [0.1, 0.15) is 10.4 Å². The first-order valence-electron chi connectivity index (χ1n) is 5.61. The minimum absolute atomic E-state index is 0.0308. The molecule has 1 rings (SSSR count). The zero-order valence-electron chi connectivity index (χ0n) is 10.5. The van der Waals surface area contributed by atoms with Gasteiger partial charge in [0.2, 0.25) is 0 Å². The highest BCUT2D eigenvalue weighted by Crippen LogP contribution is 2.27. The van der Waals surface area contributed by atoms with Gasteiger partial charge in [-0.05, 0) is 0 Å². The van der Waals surface area contributed by atoms with E-state index in [0.717, 1.165) is 17.9 Å². The van der Waals surface area contributed by atoms with Gasteiger partial charge < -0.3 is 10.4 Å². The number of nitro benzene ring substituents is 1. The summed E-state index contributed by atoms with van der Waals surface area (Å²) in [7, 11) is 0. The van der Waals surface area contributed by atoms with Gasteiger partial charge in [0.25, 0.3) is 5.69 Å². The van der Waals surface area contributed by atoms with Crippen molar-refractivity contribution in [3.05, 3.63) is 46.3 Å². The van der Waals surface area contributed by atoms with E-state index in [1.54, 1.807) is 17.8 Å². The number of benzene rings is 1. The van der Waals surface area contributed by atoms with Crippen molar-refractivity contribution in [2.24, 2.45) is 0 Å². The molecule has 0 spiro atoms. The zero-order chi connectivity index (χ0) is 15.1. The largest absolute Gasteiger partial charge is 0.478 e. The van der Waals surface area contributed by atoms with Crippen LogP contribution in [0.2, 0.25) is 0 Å². The molecule has 1 aromatic carbocycles. The molecule has 0 aliphatic heterocycles. The van der Waals surface area contributed by atoms with Crippen LogP contribution in [0, 0.1) is 15.9 Å². The van der Waals surface area contributed by atoms with Gasteiger partial charge in [0, 0.05) is 30.2 Å². The molecule has 0 unspecified atom stereocenters. The monoisotopic (exact) mass is 300 g/mol. The Hall–Kier alpha value is -2.09. The molecule has 2 N–H and O–H groups in total. The third kappa shape index (κ3) is 4.23. The average Bonchev–Trinajstić information content (AvgIpc) is 2.37. The van der Waals surface area contributed by atoms with Crippen LogP contribution < -0.4 is 5.32 Å². The van der Waals surface area contributed by atoms with Crippen LogP contribution >= 0.6 is 11.8 Å². The maximum atomic E-state index is 13.5. The lowest BCUT2D eigenvalue weighted by Gasteiger charge is -2.08. The van der Waals surface area contributed by atoms with Gasteiger partial charge in [-0.2, -0.15) is 11.8 Å². The summed E-state index contributed by atoms with van der Waals surface area (Å²) in [6.45, 7) is 3.95. The number of nitro groups is 1. The van der Waals surface area contributed by atoms with Crippen molar-refractivity contribution in [1.29, 1.82) is 0 Å². The first-order valence-corrected chi connectivity index (χ1v) is 6.76. The lowest BCUT2D eigenvalue weighted by molar-refractivity contribution is -0.384. The van der Waals surface area contributed by atoms with Crippen molar-refractivity contribution in [3.8, 4) is 0 Å². The van der Waals surface area contributed by atoms with Gasteiger partial charge in [0.05, 0.1) is 4.92 Å². The van der Waals surface area contributed by atoms with Crippen LogP contribution in [0.5, 0.6) is 0 Å². The zero-order valence-corrected chi connectivity index (χ0v) is 11.3. The standard InChI is InChI=1S/C12H13FN2O4S/c1-2-4-20-5-3-14-10-7-9(13)8(12(16)17)6-11(10)15(18)19/h2,6-7,14H,1,3-5H2,(H,16,17). The Kier molecular flexibility index (Phi) is 5.98. The second-order valence-electron chi connectivity index (χ2n) is 3.70. The maximum absolute atomic E-state index is 13.5. The Balaban J connectivity index is 2.89. The number of thioether (sulfide) groups is 1. The number of aromatic carboxylic acids is 1. The van der Waals surface area contributed by atoms with Gasteiger partial charge in [-0.25, -0.2) is 9.18 Å². The summed E-state index contributed by atoms with van der Waals surface area (Å²) in [6.07, 6.45) is 1.73. The number of nitrogens with zero attached hydrogens (tertiary/aromatic N) is 1. The minimum Gasteiger partial charge on any atom is -0.478 e. The van der Waals surface area contributed by atoms with E-state index < -0.39 is 28.0 Å². The SMILES string of the molecule is C=CCSCCNc1cc(F)c(C(=O)O)cc1[N+](=O)[O-]. The van der Waals surface area contributed by atoms with E-state index in [2.05, 4.69) is 11.9 Å². The van der Waals surface area contributed by atoms with Crippen molar-refractivity contribution in [3.63, 3.8) is 0 Å². The van der Waals surface area contributed by atoms with Crippen LogP contribution in [0.25, 0.3) is 0 Å². The molecule has 0 radical (unpaired) electrons. The van der Waals surface area contributed by atoms with Crippen molar-refractivity contribution in [1.82, 2.24) is 0 Å². The van der Waals surface area contributed by atoms with Gasteiger partial charge in [-0.15, -0.1) is 6.58 Å². The van der Waals surface area contributed by atoms with Crippen molar-refractivity contribution in [2.45, 2.75) is 0 Å². The molecule has 0 heterocycles. The highest BCUT2D eigenvalue weighted by molar-refractivity contribution is 7.99. The fourth-order valence-electron chi connectivity index (χ4n) is 1.44. The Morgan fingerprint density at radius 3 is 2.85 bits per heavy atom. The highest BCUT2D eigenvalue weighted by atomic mass is 32.2. The molecule has 8 heteroatoms. The van der Waals surface area contributed by atoms with Gasteiger partial charge in [0.15, 0.2) is 0 Å². The summed E-state index contributed by atoms with van der Waals surface area (Å²) < 4.78 is 13.5. The third-order valence-electron chi connectivity index (χ3n) is 2.31. The Bertz CT molecular complexity index is 536. The molecule has 0 atom stereocenters. The molecule has 0 amide bonds. The first kappa shape index (κ1) is 16.0. The van der Waals surface area contributed by atoms with E-state index in [9.17, 15) is 19.3 Å². The molecular weight excluding hydrogens is 287 g/mol. The van der Waals surface area contributed by atoms with Crippen LogP contribution in [-0.4, -0.2) is 34.0 Å². The second-order valence-corrected chi connectivity index (χ2v) is 4.85. The molecule has 6 nitrogen and oxygen atoms in total. The molecule has 0 aromatic heterocycles. The summed E-state index contributed by atoms with van der Waals surface area (Å²) in [5, 5.41) is 22.3. The molecule has 0 aliphatic rings. The third-order valence-corrected chi connectivity index (χ3v) is 3.27. The molecule has 1 aromatic rings. The quantitative estimate of drug-likeness (QED) is 0.332. The van der Waals surface area contributed by atoms with E-state index in [-0.39, 0.29) is 5.69 Å². The average molecular weight is 300 g/mol. The van der Waals surface area contributed by atoms with Crippen molar-refractivity contribution < 1.29 is 19.2 Å². The van der Waals surface area contributed by atoms with E-state index in [4.69, 9.17) is 5.11 Å². The van der Waals surface area contributed by atoms with Gasteiger partial charge >= 0.3 is 5.97 Å². The summed E-state index contributed by atoms with van der Waals surface area (Å²) in [6, 6.07) is 1.55. The number of rotatable bonds is 8. The first-order chi connectivity index (χ1) is 9.47. The van der Waals surface area contributed by atoms with Crippen LogP contribution in [0.3, 0.4) is 0 Å². The molecule has 0 aliphatic carbocycles. The summed E-state index contributed by atoms with van der Waals surface area (Å²) in [4.78, 5) is 20.9. The van der Waals surface area contributed by atoms with Crippen LogP contribution in [-0.2, 0) is 0 Å². The number of hydrogen-bond donors (Lipinski definition) is 2. The Morgan fingerprint density at radius 1 is 1.60 bits per heavy atom. The maximum Gasteiger partial charge on any atom is 0.338 e. The van der Waals surface area contributed by atoms with E-state index >= 15 is 0 Å². The number of hydrogen-bond acceptors (Lipinski definition) is 5. The predicted molar refractivity (Wildman–Crippen MR) is 76.0 cm³/mol. The van der Waals surface area contributed by atoms with Crippen molar-refractivity contribution >= 4 is 29.1 Å². The van der Waals surface area contributed by atoms with Crippen molar-refractivity contribution in [2.75, 3.05) is 23.4 Å².